The molecule has 0 unspecified atom stereocenters. The van der Waals surface area contributed by atoms with Crippen LogP contribution < -0.4 is 10.1 Å². The van der Waals surface area contributed by atoms with Crippen LogP contribution in [0.25, 0.3) is 0 Å². The number of amides is 1. The smallest absolute Gasteiger partial charge is 0.257 e. The zero-order valence-electron chi connectivity index (χ0n) is 15.4. The predicted octanol–water partition coefficient (Wildman–Crippen LogP) is 6.23. The third-order valence-electron chi connectivity index (χ3n) is 4.04. The molecule has 0 aromatic heterocycles. The average molecular weight is 446 g/mol. The minimum atomic E-state index is -0.334. The Hall–Kier alpha value is -2.47. The van der Waals surface area contributed by atoms with Crippen molar-refractivity contribution < 1.29 is 14.3 Å². The Morgan fingerprint density at radius 3 is 2.52 bits per heavy atom. The number of hydrogen-bond acceptors (Lipinski definition) is 4. The first-order valence-corrected chi connectivity index (χ1v) is 10.4. The monoisotopic (exact) mass is 445 g/mol. The summed E-state index contributed by atoms with van der Waals surface area (Å²) in [6.07, 6.45) is 0. The van der Waals surface area contributed by atoms with E-state index in [0.717, 1.165) is 4.90 Å². The fourth-order valence-corrected chi connectivity index (χ4v) is 3.97. The molecule has 0 aliphatic heterocycles. The number of carbonyl (C=O) groups is 2. The van der Waals surface area contributed by atoms with E-state index in [-0.39, 0.29) is 22.5 Å². The number of methoxy groups -OCH3 is 1. The van der Waals surface area contributed by atoms with Gasteiger partial charge in [0.05, 0.1) is 29.0 Å². The lowest BCUT2D eigenvalue weighted by atomic mass is 10.1. The summed E-state index contributed by atoms with van der Waals surface area (Å²) in [5.74, 6) is 0.438. The van der Waals surface area contributed by atoms with Crippen molar-refractivity contribution in [3.8, 4) is 5.75 Å². The quantitative estimate of drug-likeness (QED) is 0.345. The van der Waals surface area contributed by atoms with Gasteiger partial charge in [0.1, 0.15) is 5.75 Å². The van der Waals surface area contributed by atoms with Crippen molar-refractivity contribution in [2.75, 3.05) is 18.2 Å². The van der Waals surface area contributed by atoms with E-state index in [1.54, 1.807) is 43.5 Å². The maximum absolute atomic E-state index is 12.5. The van der Waals surface area contributed by atoms with Gasteiger partial charge in [-0.1, -0.05) is 41.4 Å². The second kappa shape index (κ2) is 9.83. The van der Waals surface area contributed by atoms with Gasteiger partial charge in [0.2, 0.25) is 0 Å². The van der Waals surface area contributed by atoms with Gasteiger partial charge in [0.15, 0.2) is 5.78 Å². The number of halogens is 2. The van der Waals surface area contributed by atoms with Gasteiger partial charge in [-0.05, 0) is 48.5 Å². The lowest BCUT2D eigenvalue weighted by Crippen LogP contribution is -2.12. The summed E-state index contributed by atoms with van der Waals surface area (Å²) in [6.45, 7) is 0. The molecule has 0 saturated carbocycles. The summed E-state index contributed by atoms with van der Waals surface area (Å²) in [7, 11) is 1.54. The number of Topliss-reactive ketones (excluding diaryl/α,β-unsaturated/α-hetero) is 1. The first-order valence-electron chi connectivity index (χ1n) is 8.63. The molecular weight excluding hydrogens is 429 g/mol. The SMILES string of the molecule is COc1ccccc1C(=O)CSc1cccc(NC(=O)c2ccc(Cl)cc2Cl)c1. The Morgan fingerprint density at radius 1 is 0.966 bits per heavy atom. The molecule has 3 aromatic carbocycles. The molecule has 0 aliphatic rings. The fraction of sp³-hybridized carbons (Fsp3) is 0.0909. The average Bonchev–Trinajstić information content (AvgIpc) is 2.72. The summed E-state index contributed by atoms with van der Waals surface area (Å²) in [5.41, 5.74) is 1.49. The molecule has 0 radical (unpaired) electrons. The maximum Gasteiger partial charge on any atom is 0.257 e. The van der Waals surface area contributed by atoms with Crippen LogP contribution in [0.1, 0.15) is 20.7 Å². The number of para-hydroxylation sites is 1. The molecule has 0 aliphatic carbocycles. The summed E-state index contributed by atoms with van der Waals surface area (Å²) >= 11 is 13.3. The van der Waals surface area contributed by atoms with E-state index in [9.17, 15) is 9.59 Å². The lowest BCUT2D eigenvalue weighted by molar-refractivity contribution is 0.101. The molecule has 0 atom stereocenters. The first-order chi connectivity index (χ1) is 14.0. The number of rotatable bonds is 7. The minimum Gasteiger partial charge on any atom is -0.496 e. The van der Waals surface area contributed by atoms with E-state index < -0.39 is 0 Å². The second-order valence-electron chi connectivity index (χ2n) is 6.02. The molecule has 0 heterocycles. The number of hydrogen-bond donors (Lipinski definition) is 1. The molecule has 148 valence electrons. The van der Waals surface area contributed by atoms with Gasteiger partial charge in [0, 0.05) is 15.6 Å². The van der Waals surface area contributed by atoms with Crippen LogP contribution in [0.3, 0.4) is 0 Å². The van der Waals surface area contributed by atoms with Gasteiger partial charge in [-0.3, -0.25) is 9.59 Å². The van der Waals surface area contributed by atoms with Crippen LogP contribution in [0.15, 0.2) is 71.6 Å². The third kappa shape index (κ3) is 5.54. The van der Waals surface area contributed by atoms with Gasteiger partial charge >= 0.3 is 0 Å². The first kappa shape index (κ1) is 21.2. The summed E-state index contributed by atoms with van der Waals surface area (Å²) in [5, 5.41) is 3.55. The predicted molar refractivity (Wildman–Crippen MR) is 119 cm³/mol. The molecule has 0 saturated heterocycles. The van der Waals surface area contributed by atoms with Gasteiger partial charge in [-0.2, -0.15) is 0 Å². The Labute approximate surface area is 183 Å². The molecule has 29 heavy (non-hydrogen) atoms. The highest BCUT2D eigenvalue weighted by Gasteiger charge is 2.13. The summed E-state index contributed by atoms with van der Waals surface area (Å²) in [6, 6.07) is 19.1. The van der Waals surface area contributed by atoms with Crippen molar-refractivity contribution in [1.82, 2.24) is 0 Å². The van der Waals surface area contributed by atoms with Crippen molar-refractivity contribution in [2.24, 2.45) is 0 Å². The van der Waals surface area contributed by atoms with E-state index in [2.05, 4.69) is 5.32 Å². The molecule has 0 fully saturated rings. The van der Waals surface area contributed by atoms with E-state index >= 15 is 0 Å². The molecule has 0 bridgehead atoms. The Morgan fingerprint density at radius 2 is 1.76 bits per heavy atom. The normalized spacial score (nSPS) is 10.4. The molecule has 1 N–H and O–H groups in total. The Kier molecular flexibility index (Phi) is 7.20. The number of ether oxygens (including phenoxy) is 1. The standard InChI is InChI=1S/C22H17Cl2NO3S/c1-28-21-8-3-2-7-18(21)20(26)13-29-16-6-4-5-15(12-16)25-22(27)17-10-9-14(23)11-19(17)24/h2-12H,13H2,1H3,(H,25,27). The number of nitrogens with one attached hydrogen (secondary N) is 1. The molecule has 3 rings (SSSR count). The van der Waals surface area contributed by atoms with E-state index in [0.29, 0.717) is 27.6 Å². The van der Waals surface area contributed by atoms with Crippen molar-refractivity contribution in [3.05, 3.63) is 87.9 Å². The highest BCUT2D eigenvalue weighted by Crippen LogP contribution is 2.26. The van der Waals surface area contributed by atoms with E-state index in [4.69, 9.17) is 27.9 Å². The van der Waals surface area contributed by atoms with Gasteiger partial charge in [0.25, 0.3) is 5.91 Å². The molecule has 7 heteroatoms. The zero-order chi connectivity index (χ0) is 20.8. The zero-order valence-corrected chi connectivity index (χ0v) is 17.8. The van der Waals surface area contributed by atoms with Crippen LogP contribution in [-0.2, 0) is 0 Å². The molecule has 0 spiro atoms. The number of carbonyl (C=O) groups excluding carboxylic acids is 2. The number of anilines is 1. The molecule has 3 aromatic rings. The highest BCUT2D eigenvalue weighted by atomic mass is 35.5. The maximum atomic E-state index is 12.5. The van der Waals surface area contributed by atoms with Crippen LogP contribution in [0, 0.1) is 0 Å². The summed E-state index contributed by atoms with van der Waals surface area (Å²) < 4.78 is 5.24. The lowest BCUT2D eigenvalue weighted by Gasteiger charge is -2.09. The van der Waals surface area contributed by atoms with Crippen LogP contribution in [0.4, 0.5) is 5.69 Å². The number of ketones is 1. The van der Waals surface area contributed by atoms with Crippen LogP contribution in [0.2, 0.25) is 10.0 Å². The Bertz CT molecular complexity index is 1060. The van der Waals surface area contributed by atoms with E-state index in [1.165, 1.54) is 17.8 Å². The fourth-order valence-electron chi connectivity index (χ4n) is 2.64. The van der Waals surface area contributed by atoms with Gasteiger partial charge in [-0.15, -0.1) is 11.8 Å². The second-order valence-corrected chi connectivity index (χ2v) is 7.91. The van der Waals surface area contributed by atoms with E-state index in [1.807, 2.05) is 24.3 Å². The number of thioether (sulfide) groups is 1. The minimum absolute atomic E-state index is 0.0326. The van der Waals surface area contributed by atoms with Crippen LogP contribution in [0.5, 0.6) is 5.75 Å². The van der Waals surface area contributed by atoms with Crippen molar-refractivity contribution >= 4 is 52.3 Å². The van der Waals surface area contributed by atoms with Crippen molar-refractivity contribution in [2.45, 2.75) is 4.90 Å². The molecule has 1 amide bonds. The number of benzene rings is 3. The van der Waals surface area contributed by atoms with Gasteiger partial charge in [-0.25, -0.2) is 0 Å². The topological polar surface area (TPSA) is 55.4 Å². The highest BCUT2D eigenvalue weighted by molar-refractivity contribution is 8.00. The molecular formula is C22H17Cl2NO3S. The summed E-state index contributed by atoms with van der Waals surface area (Å²) in [4.78, 5) is 25.8. The van der Waals surface area contributed by atoms with Crippen molar-refractivity contribution in [1.29, 1.82) is 0 Å². The van der Waals surface area contributed by atoms with Crippen LogP contribution >= 0.6 is 35.0 Å². The largest absolute Gasteiger partial charge is 0.496 e. The van der Waals surface area contributed by atoms with Crippen molar-refractivity contribution in [3.63, 3.8) is 0 Å². The Balaban J connectivity index is 1.66. The third-order valence-corrected chi connectivity index (χ3v) is 5.59. The van der Waals surface area contributed by atoms with Crippen LogP contribution in [-0.4, -0.2) is 24.6 Å². The molecule has 4 nitrogen and oxygen atoms in total. The van der Waals surface area contributed by atoms with Gasteiger partial charge < -0.3 is 10.1 Å².